The first-order chi connectivity index (χ1) is 13.2. The Hall–Kier alpha value is -3.19. The molecule has 1 heteroatoms. The van der Waals surface area contributed by atoms with Crippen molar-refractivity contribution in [3.8, 4) is 22.3 Å². The summed E-state index contributed by atoms with van der Waals surface area (Å²) in [6.45, 7) is 1.97. The minimum absolute atomic E-state index is 0.746. The number of benzene rings is 3. The third-order valence-electron chi connectivity index (χ3n) is 5.11. The fourth-order valence-corrected chi connectivity index (χ4v) is 3.53. The molecule has 0 radical (unpaired) electrons. The molecule has 4 rings (SSSR count). The van der Waals surface area contributed by atoms with Gasteiger partial charge in [0, 0.05) is 5.56 Å². The zero-order chi connectivity index (χ0) is 18.6. The molecule has 0 unspecified atom stereocenters. The largest absolute Gasteiger partial charge is 0.298 e. The summed E-state index contributed by atoms with van der Waals surface area (Å²) in [5.74, 6) is 0. The van der Waals surface area contributed by atoms with E-state index in [0.717, 1.165) is 41.4 Å². The van der Waals surface area contributed by atoms with Crippen LogP contribution < -0.4 is 0 Å². The van der Waals surface area contributed by atoms with Gasteiger partial charge < -0.3 is 0 Å². The third kappa shape index (κ3) is 3.68. The Balaban J connectivity index is 1.89. The van der Waals surface area contributed by atoms with Crippen molar-refractivity contribution in [3.63, 3.8) is 0 Å². The highest BCUT2D eigenvalue weighted by Crippen LogP contribution is 2.33. The number of aryl methyl sites for hydroxylation is 1. The number of carbonyl (C=O) groups excluding carboxylic acids is 1. The molecule has 1 aliphatic rings. The van der Waals surface area contributed by atoms with Crippen LogP contribution >= 0.6 is 0 Å². The molecule has 3 aromatic carbocycles. The van der Waals surface area contributed by atoms with Crippen LogP contribution in [-0.4, -0.2) is 6.29 Å². The molecule has 0 heterocycles. The molecule has 3 aromatic rings. The van der Waals surface area contributed by atoms with E-state index in [4.69, 9.17) is 0 Å². The van der Waals surface area contributed by atoms with Gasteiger partial charge in [-0.2, -0.15) is 0 Å². The molecule has 0 fully saturated rings. The smallest absolute Gasteiger partial charge is 0.150 e. The van der Waals surface area contributed by atoms with Gasteiger partial charge in [-0.25, -0.2) is 0 Å². The highest BCUT2D eigenvalue weighted by Gasteiger charge is 2.10. The number of hydrogen-bond donors (Lipinski definition) is 0. The van der Waals surface area contributed by atoms with Crippen molar-refractivity contribution in [1.29, 1.82) is 0 Å². The number of hydrogen-bond acceptors (Lipinski definition) is 1. The topological polar surface area (TPSA) is 17.1 Å². The van der Waals surface area contributed by atoms with E-state index in [1.807, 2.05) is 25.1 Å². The number of rotatable bonds is 4. The second kappa shape index (κ2) is 7.59. The van der Waals surface area contributed by atoms with Gasteiger partial charge in [-0.15, -0.1) is 0 Å². The highest BCUT2D eigenvalue weighted by molar-refractivity contribution is 5.85. The molecule has 0 aromatic heterocycles. The SMILES string of the molecule is Cc1ccc(-c2cc(C3=CCCC=C3)cc(-c3ccccc3)c2)cc1C=O. The minimum atomic E-state index is 0.746. The number of aldehydes is 1. The Kier molecular flexibility index (Phi) is 4.84. The predicted molar refractivity (Wildman–Crippen MR) is 114 cm³/mol. The van der Waals surface area contributed by atoms with Crippen molar-refractivity contribution in [2.24, 2.45) is 0 Å². The van der Waals surface area contributed by atoms with Crippen LogP contribution in [0.4, 0.5) is 0 Å². The first-order valence-corrected chi connectivity index (χ1v) is 9.38. The fourth-order valence-electron chi connectivity index (χ4n) is 3.53. The minimum Gasteiger partial charge on any atom is -0.298 e. The molecule has 0 N–H and O–H groups in total. The Morgan fingerprint density at radius 1 is 0.741 bits per heavy atom. The van der Waals surface area contributed by atoms with Crippen molar-refractivity contribution in [1.82, 2.24) is 0 Å². The summed E-state index contributed by atoms with van der Waals surface area (Å²) in [5, 5.41) is 0. The van der Waals surface area contributed by atoms with Crippen molar-refractivity contribution < 1.29 is 4.79 Å². The maximum atomic E-state index is 11.4. The maximum Gasteiger partial charge on any atom is 0.150 e. The van der Waals surface area contributed by atoms with Gasteiger partial charge in [0.25, 0.3) is 0 Å². The van der Waals surface area contributed by atoms with Crippen LogP contribution in [0.25, 0.3) is 27.8 Å². The second-order valence-electron chi connectivity index (χ2n) is 6.99. The molecule has 0 atom stereocenters. The quantitative estimate of drug-likeness (QED) is 0.469. The van der Waals surface area contributed by atoms with E-state index < -0.39 is 0 Å². The lowest BCUT2D eigenvalue weighted by Crippen LogP contribution is -1.92. The van der Waals surface area contributed by atoms with Crippen molar-refractivity contribution in [2.75, 3.05) is 0 Å². The van der Waals surface area contributed by atoms with Gasteiger partial charge in [0.1, 0.15) is 6.29 Å². The molecular weight excluding hydrogens is 328 g/mol. The molecule has 0 amide bonds. The van der Waals surface area contributed by atoms with Crippen LogP contribution in [0.3, 0.4) is 0 Å². The van der Waals surface area contributed by atoms with Gasteiger partial charge >= 0.3 is 0 Å². The van der Waals surface area contributed by atoms with Crippen molar-refractivity contribution >= 4 is 11.9 Å². The van der Waals surface area contributed by atoms with E-state index in [-0.39, 0.29) is 0 Å². The summed E-state index contributed by atoms with van der Waals surface area (Å²) < 4.78 is 0. The van der Waals surface area contributed by atoms with Crippen LogP contribution in [0.1, 0.15) is 34.3 Å². The standard InChI is InChI=1S/C26H22O/c1-19-12-13-22(14-26(19)18-27)25-16-23(20-8-4-2-5-9-20)15-24(17-25)21-10-6-3-7-11-21/h2,4-6,8-18H,3,7H2,1H3. The van der Waals surface area contributed by atoms with Crippen LogP contribution in [0.15, 0.2) is 85.0 Å². The van der Waals surface area contributed by atoms with Gasteiger partial charge in [-0.05, 0) is 83.0 Å². The zero-order valence-corrected chi connectivity index (χ0v) is 15.5. The summed E-state index contributed by atoms with van der Waals surface area (Å²) in [6.07, 6.45) is 9.88. The summed E-state index contributed by atoms with van der Waals surface area (Å²) in [4.78, 5) is 11.4. The lowest BCUT2D eigenvalue weighted by atomic mass is 9.91. The molecular formula is C26H22O. The summed E-state index contributed by atoms with van der Waals surface area (Å²) in [6, 6.07) is 23.3. The normalized spacial score (nSPS) is 13.3. The average Bonchev–Trinajstić information content (AvgIpc) is 2.75. The van der Waals surface area contributed by atoms with E-state index in [1.165, 1.54) is 22.3 Å². The first-order valence-electron chi connectivity index (χ1n) is 9.38. The maximum absolute atomic E-state index is 11.4. The third-order valence-corrected chi connectivity index (χ3v) is 5.11. The molecule has 0 saturated carbocycles. The predicted octanol–water partition coefficient (Wildman–Crippen LogP) is 6.87. The van der Waals surface area contributed by atoms with Crippen LogP contribution in [0.5, 0.6) is 0 Å². The summed E-state index contributed by atoms with van der Waals surface area (Å²) in [5.41, 5.74) is 8.83. The lowest BCUT2D eigenvalue weighted by molar-refractivity contribution is 0.112. The molecule has 27 heavy (non-hydrogen) atoms. The summed E-state index contributed by atoms with van der Waals surface area (Å²) in [7, 11) is 0. The Morgan fingerprint density at radius 2 is 1.48 bits per heavy atom. The molecule has 0 spiro atoms. The molecule has 132 valence electrons. The number of carbonyl (C=O) groups is 1. The van der Waals surface area contributed by atoms with E-state index in [9.17, 15) is 4.79 Å². The molecule has 0 saturated heterocycles. The van der Waals surface area contributed by atoms with Crippen LogP contribution in [0, 0.1) is 6.92 Å². The zero-order valence-electron chi connectivity index (χ0n) is 15.5. The van der Waals surface area contributed by atoms with Crippen molar-refractivity contribution in [3.05, 3.63) is 102 Å². The Labute approximate surface area is 160 Å². The first kappa shape index (κ1) is 17.2. The fraction of sp³-hybridized carbons (Fsp3) is 0.115. The van der Waals surface area contributed by atoms with Gasteiger partial charge in [-0.3, -0.25) is 4.79 Å². The van der Waals surface area contributed by atoms with E-state index in [1.54, 1.807) is 0 Å². The average molecular weight is 350 g/mol. The van der Waals surface area contributed by atoms with Gasteiger partial charge in [-0.1, -0.05) is 60.7 Å². The Morgan fingerprint density at radius 3 is 2.19 bits per heavy atom. The van der Waals surface area contributed by atoms with Crippen LogP contribution in [0.2, 0.25) is 0 Å². The molecule has 1 aliphatic carbocycles. The van der Waals surface area contributed by atoms with E-state index in [2.05, 4.69) is 66.8 Å². The van der Waals surface area contributed by atoms with Gasteiger partial charge in [0.15, 0.2) is 0 Å². The Bertz CT molecular complexity index is 1040. The molecule has 1 nitrogen and oxygen atoms in total. The summed E-state index contributed by atoms with van der Waals surface area (Å²) >= 11 is 0. The van der Waals surface area contributed by atoms with Crippen LogP contribution in [-0.2, 0) is 0 Å². The van der Waals surface area contributed by atoms with E-state index >= 15 is 0 Å². The van der Waals surface area contributed by atoms with Gasteiger partial charge in [0.05, 0.1) is 0 Å². The molecule has 0 bridgehead atoms. The highest BCUT2D eigenvalue weighted by atomic mass is 16.1. The number of allylic oxidation sites excluding steroid dienone is 4. The van der Waals surface area contributed by atoms with Crippen molar-refractivity contribution in [2.45, 2.75) is 19.8 Å². The van der Waals surface area contributed by atoms with E-state index in [0.29, 0.717) is 0 Å². The van der Waals surface area contributed by atoms with Gasteiger partial charge in [0.2, 0.25) is 0 Å². The molecule has 0 aliphatic heterocycles. The lowest BCUT2D eigenvalue weighted by Gasteiger charge is -2.14. The monoisotopic (exact) mass is 350 g/mol. The second-order valence-corrected chi connectivity index (χ2v) is 6.99.